The number of pyridine rings is 1. The van der Waals surface area contributed by atoms with Crippen molar-refractivity contribution in [3.05, 3.63) is 93.8 Å². The molecular weight excluding hydrogens is 471 g/mol. The normalized spacial score (nSPS) is 14.3. The van der Waals surface area contributed by atoms with Crippen molar-refractivity contribution in [3.8, 4) is 11.3 Å². The third kappa shape index (κ3) is 4.32. The van der Waals surface area contributed by atoms with Crippen LogP contribution in [0.25, 0.3) is 22.3 Å². The molecule has 1 aliphatic heterocycles. The molecule has 0 spiro atoms. The average Bonchev–Trinajstić information content (AvgIpc) is 2.90. The summed E-state index contributed by atoms with van der Waals surface area (Å²) < 4.78 is 44.6. The third-order valence-corrected chi connectivity index (χ3v) is 6.38. The number of fused-ring (bicyclic) bond motifs is 1. The van der Waals surface area contributed by atoms with E-state index in [4.69, 9.17) is 4.42 Å². The Bertz CT molecular complexity index is 1470. The predicted octanol–water partition coefficient (Wildman–Crippen LogP) is 5.14. The smallest absolute Gasteiger partial charge is 0.417 e. The highest BCUT2D eigenvalue weighted by Crippen LogP contribution is 2.30. The van der Waals surface area contributed by atoms with Crippen molar-refractivity contribution in [2.75, 3.05) is 31.1 Å². The molecule has 1 amide bonds. The van der Waals surface area contributed by atoms with Gasteiger partial charge in [0.15, 0.2) is 11.0 Å². The number of carbonyl (C=O) groups is 1. The van der Waals surface area contributed by atoms with E-state index in [9.17, 15) is 22.8 Å². The minimum atomic E-state index is -4.44. The summed E-state index contributed by atoms with van der Waals surface area (Å²) in [7, 11) is 0. The topological polar surface area (TPSA) is 66.7 Å². The molecule has 36 heavy (non-hydrogen) atoms. The molecule has 0 aliphatic carbocycles. The number of hydrogen-bond acceptors (Lipinski definition) is 5. The van der Waals surface area contributed by atoms with Crippen LogP contribution in [0.5, 0.6) is 0 Å². The van der Waals surface area contributed by atoms with Gasteiger partial charge in [-0.1, -0.05) is 36.4 Å². The Morgan fingerprint density at radius 2 is 1.67 bits per heavy atom. The SMILES string of the molecule is Cc1c(-c2ccccc2)oc2c(C(=O)N3CCN(c4ccc(C(F)(F)F)cn4)CC3)cccc2c1=O. The number of benzene rings is 2. The van der Waals surface area contributed by atoms with Gasteiger partial charge in [-0.05, 0) is 31.2 Å². The van der Waals surface area contributed by atoms with E-state index in [1.807, 2.05) is 35.2 Å². The first-order chi connectivity index (χ1) is 17.2. The molecule has 0 radical (unpaired) electrons. The standard InChI is InChI=1S/C27H22F3N3O3/c1-17-23(34)20-8-5-9-21(25(20)36-24(17)18-6-3-2-4-7-18)26(35)33-14-12-32(13-15-33)22-11-10-19(16-31-22)27(28,29)30/h2-11,16H,12-15H2,1H3. The molecule has 1 aliphatic rings. The number of halogens is 3. The van der Waals surface area contributed by atoms with Crippen LogP contribution in [0.15, 0.2) is 76.1 Å². The maximum atomic E-state index is 13.5. The molecule has 4 aromatic rings. The van der Waals surface area contributed by atoms with E-state index in [2.05, 4.69) is 4.98 Å². The van der Waals surface area contributed by atoms with Crippen molar-refractivity contribution in [2.24, 2.45) is 0 Å². The van der Waals surface area contributed by atoms with Crippen LogP contribution in [0.3, 0.4) is 0 Å². The maximum Gasteiger partial charge on any atom is 0.417 e. The van der Waals surface area contributed by atoms with Crippen LogP contribution in [0.1, 0.15) is 21.5 Å². The molecule has 2 aromatic heterocycles. The number of hydrogen-bond donors (Lipinski definition) is 0. The Morgan fingerprint density at radius 3 is 2.31 bits per heavy atom. The molecule has 184 valence electrons. The monoisotopic (exact) mass is 493 g/mol. The number of nitrogens with zero attached hydrogens (tertiary/aromatic N) is 3. The minimum Gasteiger partial charge on any atom is -0.455 e. The molecular formula is C27H22F3N3O3. The van der Waals surface area contributed by atoms with Gasteiger partial charge in [-0.15, -0.1) is 0 Å². The second-order valence-corrected chi connectivity index (χ2v) is 8.62. The van der Waals surface area contributed by atoms with Crippen LogP contribution in [-0.2, 0) is 6.18 Å². The van der Waals surface area contributed by atoms with Crippen molar-refractivity contribution in [3.63, 3.8) is 0 Å². The molecule has 1 saturated heterocycles. The Kier molecular flexibility index (Phi) is 5.99. The van der Waals surface area contributed by atoms with Crippen molar-refractivity contribution in [1.29, 1.82) is 0 Å². The average molecular weight is 493 g/mol. The highest BCUT2D eigenvalue weighted by Gasteiger charge is 2.31. The first-order valence-corrected chi connectivity index (χ1v) is 11.4. The lowest BCUT2D eigenvalue weighted by Crippen LogP contribution is -2.49. The summed E-state index contributed by atoms with van der Waals surface area (Å²) in [6, 6.07) is 16.5. The predicted molar refractivity (Wildman–Crippen MR) is 130 cm³/mol. The fraction of sp³-hybridized carbons (Fsp3) is 0.222. The molecule has 0 bridgehead atoms. The maximum absolute atomic E-state index is 13.5. The number of amides is 1. The Morgan fingerprint density at radius 1 is 0.944 bits per heavy atom. The number of aromatic nitrogens is 1. The molecule has 9 heteroatoms. The minimum absolute atomic E-state index is 0.192. The van der Waals surface area contributed by atoms with E-state index in [0.29, 0.717) is 54.3 Å². The zero-order chi connectivity index (χ0) is 25.4. The first kappa shape index (κ1) is 23.6. The molecule has 2 aromatic carbocycles. The van der Waals surface area contributed by atoms with E-state index in [-0.39, 0.29) is 16.9 Å². The van der Waals surface area contributed by atoms with Gasteiger partial charge in [0, 0.05) is 43.5 Å². The summed E-state index contributed by atoms with van der Waals surface area (Å²) in [5, 5.41) is 0.339. The second kappa shape index (κ2) is 9.14. The number of alkyl halides is 3. The molecule has 3 heterocycles. The number of piperazine rings is 1. The Labute approximate surface area is 204 Å². The quantitative estimate of drug-likeness (QED) is 0.395. The van der Waals surface area contributed by atoms with Gasteiger partial charge >= 0.3 is 6.18 Å². The summed E-state index contributed by atoms with van der Waals surface area (Å²) in [6.45, 7) is 3.22. The van der Waals surface area contributed by atoms with E-state index < -0.39 is 11.7 Å². The van der Waals surface area contributed by atoms with Crippen LogP contribution in [0, 0.1) is 6.92 Å². The Hall–Kier alpha value is -4.14. The molecule has 5 rings (SSSR count). The van der Waals surface area contributed by atoms with Crippen LogP contribution in [0.4, 0.5) is 19.0 Å². The lowest BCUT2D eigenvalue weighted by molar-refractivity contribution is -0.137. The molecule has 0 atom stereocenters. The lowest BCUT2D eigenvalue weighted by atomic mass is 10.0. The molecule has 0 N–H and O–H groups in total. The van der Waals surface area contributed by atoms with Crippen LogP contribution in [-0.4, -0.2) is 42.0 Å². The summed E-state index contributed by atoms with van der Waals surface area (Å²) in [4.78, 5) is 34.0. The number of rotatable bonds is 3. The summed E-state index contributed by atoms with van der Waals surface area (Å²) in [5.41, 5.74) is 0.752. The largest absolute Gasteiger partial charge is 0.455 e. The van der Waals surface area contributed by atoms with E-state index in [0.717, 1.165) is 17.8 Å². The second-order valence-electron chi connectivity index (χ2n) is 8.62. The van der Waals surface area contributed by atoms with Crippen molar-refractivity contribution in [2.45, 2.75) is 13.1 Å². The molecule has 1 fully saturated rings. The zero-order valence-corrected chi connectivity index (χ0v) is 19.4. The van der Waals surface area contributed by atoms with Gasteiger partial charge in [-0.25, -0.2) is 4.98 Å². The van der Waals surface area contributed by atoms with Crippen LogP contribution < -0.4 is 10.3 Å². The van der Waals surface area contributed by atoms with Crippen molar-refractivity contribution < 1.29 is 22.4 Å². The summed E-state index contributed by atoms with van der Waals surface area (Å²) in [6.07, 6.45) is -3.62. The van der Waals surface area contributed by atoms with Crippen molar-refractivity contribution in [1.82, 2.24) is 9.88 Å². The van der Waals surface area contributed by atoms with Gasteiger partial charge < -0.3 is 14.2 Å². The summed E-state index contributed by atoms with van der Waals surface area (Å²) >= 11 is 0. The van der Waals surface area contributed by atoms with Gasteiger partial charge in [-0.2, -0.15) is 13.2 Å². The van der Waals surface area contributed by atoms with Crippen molar-refractivity contribution >= 4 is 22.7 Å². The Balaban J connectivity index is 1.40. The zero-order valence-electron chi connectivity index (χ0n) is 19.4. The molecule has 6 nitrogen and oxygen atoms in total. The molecule has 0 unspecified atom stereocenters. The molecule has 0 saturated carbocycles. The van der Waals surface area contributed by atoms with Gasteiger partial charge in [0.25, 0.3) is 5.91 Å². The van der Waals surface area contributed by atoms with Gasteiger partial charge in [0.1, 0.15) is 11.6 Å². The van der Waals surface area contributed by atoms with Gasteiger partial charge in [0.2, 0.25) is 0 Å². The van der Waals surface area contributed by atoms with Crippen LogP contribution >= 0.6 is 0 Å². The van der Waals surface area contributed by atoms with Crippen LogP contribution in [0.2, 0.25) is 0 Å². The summed E-state index contributed by atoms with van der Waals surface area (Å²) in [5.74, 6) is 0.576. The fourth-order valence-electron chi connectivity index (χ4n) is 4.39. The lowest BCUT2D eigenvalue weighted by Gasteiger charge is -2.35. The number of carbonyl (C=O) groups excluding carboxylic acids is 1. The highest BCUT2D eigenvalue weighted by molar-refractivity contribution is 6.05. The van der Waals surface area contributed by atoms with E-state index in [1.165, 1.54) is 6.07 Å². The number of para-hydroxylation sites is 1. The highest BCUT2D eigenvalue weighted by atomic mass is 19.4. The fourth-order valence-corrected chi connectivity index (χ4v) is 4.39. The first-order valence-electron chi connectivity index (χ1n) is 11.4. The van der Waals surface area contributed by atoms with E-state index in [1.54, 1.807) is 30.0 Å². The van der Waals surface area contributed by atoms with E-state index >= 15 is 0 Å². The third-order valence-electron chi connectivity index (χ3n) is 6.38. The van der Waals surface area contributed by atoms with Gasteiger partial charge in [-0.3, -0.25) is 9.59 Å². The van der Waals surface area contributed by atoms with Gasteiger partial charge in [0.05, 0.1) is 16.5 Å². The number of anilines is 1.